The first kappa shape index (κ1) is 11.3. The number of hydrogen-bond donors (Lipinski definition) is 1. The average molecular weight is 258 g/mol. The molecule has 2 aromatic rings. The summed E-state index contributed by atoms with van der Waals surface area (Å²) in [4.78, 5) is 25.6. The summed E-state index contributed by atoms with van der Waals surface area (Å²) >= 11 is 1.20. The third-order valence-corrected chi connectivity index (χ3v) is 4.33. The third-order valence-electron chi connectivity index (χ3n) is 3.03. The first-order chi connectivity index (χ1) is 8.59. The van der Waals surface area contributed by atoms with Gasteiger partial charge in [-0.15, -0.1) is 11.3 Å². The fourth-order valence-electron chi connectivity index (χ4n) is 2.10. The van der Waals surface area contributed by atoms with Crippen LogP contribution in [0.1, 0.15) is 49.1 Å². The molecule has 4 heteroatoms. The summed E-state index contributed by atoms with van der Waals surface area (Å²) < 4.78 is 0. The second-order valence-corrected chi connectivity index (χ2v) is 5.36. The minimum Gasteiger partial charge on any atom is -0.388 e. The van der Waals surface area contributed by atoms with E-state index in [1.165, 1.54) is 11.3 Å². The Bertz CT molecular complexity index is 615. The zero-order valence-corrected chi connectivity index (χ0v) is 10.5. The smallest absolute Gasteiger partial charge is 0.204 e. The molecule has 0 amide bonds. The van der Waals surface area contributed by atoms with E-state index in [9.17, 15) is 14.7 Å². The third kappa shape index (κ3) is 1.46. The van der Waals surface area contributed by atoms with Crippen molar-refractivity contribution >= 4 is 22.9 Å². The number of carbonyl (C=O) groups excluding carboxylic acids is 2. The van der Waals surface area contributed by atoms with Crippen LogP contribution in [0.3, 0.4) is 0 Å². The highest BCUT2D eigenvalue weighted by Gasteiger charge is 2.32. The highest BCUT2D eigenvalue weighted by molar-refractivity contribution is 7.14. The first-order valence-electron chi connectivity index (χ1n) is 5.60. The number of hydrogen-bond acceptors (Lipinski definition) is 4. The van der Waals surface area contributed by atoms with Gasteiger partial charge in [0, 0.05) is 21.6 Å². The molecule has 1 aromatic carbocycles. The lowest BCUT2D eigenvalue weighted by atomic mass is 9.89. The molecule has 0 bridgehead atoms. The van der Waals surface area contributed by atoms with E-state index >= 15 is 0 Å². The molecule has 0 radical (unpaired) electrons. The minimum atomic E-state index is -0.663. The molecule has 1 atom stereocenters. The van der Waals surface area contributed by atoms with E-state index in [2.05, 4.69) is 0 Å². The van der Waals surface area contributed by atoms with E-state index in [1.807, 2.05) is 0 Å². The second kappa shape index (κ2) is 3.86. The number of aliphatic hydroxyl groups is 1. The van der Waals surface area contributed by atoms with Gasteiger partial charge in [0.25, 0.3) is 0 Å². The van der Waals surface area contributed by atoms with Crippen molar-refractivity contribution < 1.29 is 14.7 Å². The molecule has 0 fully saturated rings. The average Bonchev–Trinajstić information content (AvgIpc) is 2.81. The predicted molar refractivity (Wildman–Crippen MR) is 68.3 cm³/mol. The number of benzene rings is 1. The van der Waals surface area contributed by atoms with Crippen molar-refractivity contribution in [1.82, 2.24) is 0 Å². The van der Waals surface area contributed by atoms with Crippen LogP contribution >= 0.6 is 11.3 Å². The summed E-state index contributed by atoms with van der Waals surface area (Å²) in [5, 5.41) is 9.55. The van der Waals surface area contributed by atoms with Gasteiger partial charge < -0.3 is 5.11 Å². The lowest BCUT2D eigenvalue weighted by Crippen LogP contribution is -2.18. The van der Waals surface area contributed by atoms with Gasteiger partial charge in [-0.3, -0.25) is 9.59 Å². The van der Waals surface area contributed by atoms with Crippen LogP contribution in [0.25, 0.3) is 0 Å². The van der Waals surface area contributed by atoms with Gasteiger partial charge in [0.05, 0.1) is 11.0 Å². The van der Waals surface area contributed by atoms with Gasteiger partial charge in [-0.05, 0) is 13.0 Å². The van der Waals surface area contributed by atoms with Gasteiger partial charge in [-0.25, -0.2) is 0 Å². The zero-order chi connectivity index (χ0) is 12.9. The van der Waals surface area contributed by atoms with Crippen molar-refractivity contribution in [3.63, 3.8) is 0 Å². The van der Waals surface area contributed by atoms with Crippen LogP contribution in [0, 0.1) is 0 Å². The van der Waals surface area contributed by atoms with Crippen LogP contribution in [0.4, 0.5) is 0 Å². The Morgan fingerprint density at radius 3 is 2.28 bits per heavy atom. The maximum Gasteiger partial charge on any atom is 0.204 e. The van der Waals surface area contributed by atoms with Crippen LogP contribution < -0.4 is 0 Å². The highest BCUT2D eigenvalue weighted by atomic mass is 32.1. The Morgan fingerprint density at radius 2 is 1.67 bits per heavy atom. The molecule has 0 aliphatic heterocycles. The second-order valence-electron chi connectivity index (χ2n) is 4.27. The molecule has 90 valence electrons. The van der Waals surface area contributed by atoms with Gasteiger partial charge >= 0.3 is 0 Å². The Kier molecular flexibility index (Phi) is 2.43. The topological polar surface area (TPSA) is 54.4 Å². The normalized spacial score (nSPS) is 15.2. The Balaban J connectivity index is 2.24. The van der Waals surface area contributed by atoms with E-state index in [1.54, 1.807) is 37.3 Å². The summed E-state index contributed by atoms with van der Waals surface area (Å²) in [5.41, 5.74) is 1.32. The van der Waals surface area contributed by atoms with Crippen molar-refractivity contribution in [3.8, 4) is 0 Å². The molecule has 0 saturated carbocycles. The van der Waals surface area contributed by atoms with Crippen LogP contribution in [-0.4, -0.2) is 16.7 Å². The number of fused-ring (bicyclic) bond motifs is 2. The van der Waals surface area contributed by atoms with E-state index in [-0.39, 0.29) is 11.6 Å². The number of aliphatic hydroxyl groups excluding tert-OH is 1. The highest BCUT2D eigenvalue weighted by Crippen LogP contribution is 2.35. The van der Waals surface area contributed by atoms with Gasteiger partial charge in [-0.2, -0.15) is 0 Å². The molecule has 1 aromatic heterocycles. The van der Waals surface area contributed by atoms with Gasteiger partial charge in [0.2, 0.25) is 5.78 Å². The van der Waals surface area contributed by atoms with E-state index < -0.39 is 6.10 Å². The standard InChI is InChI=1S/C14H10O3S/c1-7(15)11-6-10-12(16)8-4-2-3-5-9(8)13(17)14(10)18-11/h2-7,15H,1H3. The monoisotopic (exact) mass is 258 g/mol. The zero-order valence-electron chi connectivity index (χ0n) is 9.64. The molecule has 1 aliphatic rings. The fourth-order valence-corrected chi connectivity index (χ4v) is 3.15. The van der Waals surface area contributed by atoms with E-state index in [0.29, 0.717) is 26.4 Å². The van der Waals surface area contributed by atoms with Crippen molar-refractivity contribution in [3.05, 3.63) is 56.8 Å². The molecule has 0 saturated heterocycles. The lowest BCUT2D eigenvalue weighted by Gasteiger charge is -2.12. The molecular formula is C14H10O3S. The fraction of sp³-hybridized carbons (Fsp3) is 0.143. The molecule has 0 spiro atoms. The molecule has 1 unspecified atom stereocenters. The molecule has 3 rings (SSSR count). The maximum absolute atomic E-state index is 12.3. The summed E-state index contributed by atoms with van der Waals surface area (Å²) in [6.45, 7) is 1.62. The molecular weight excluding hydrogens is 248 g/mol. The SMILES string of the molecule is CC(O)c1cc2c(s1)C(=O)c1ccccc1C2=O. The molecule has 1 aliphatic carbocycles. The molecule has 1 N–H and O–H groups in total. The number of thiophene rings is 1. The number of ketones is 2. The van der Waals surface area contributed by atoms with E-state index in [4.69, 9.17) is 0 Å². The summed E-state index contributed by atoms with van der Waals surface area (Å²) in [5.74, 6) is -0.263. The van der Waals surface area contributed by atoms with Gasteiger partial charge in [0.15, 0.2) is 5.78 Å². The molecule has 18 heavy (non-hydrogen) atoms. The Hall–Kier alpha value is -1.78. The van der Waals surface area contributed by atoms with Gasteiger partial charge in [-0.1, -0.05) is 24.3 Å². The molecule has 3 nitrogen and oxygen atoms in total. The largest absolute Gasteiger partial charge is 0.388 e. The van der Waals surface area contributed by atoms with Crippen LogP contribution in [0.5, 0.6) is 0 Å². The van der Waals surface area contributed by atoms with Crippen molar-refractivity contribution in [2.24, 2.45) is 0 Å². The Morgan fingerprint density at radius 1 is 1.06 bits per heavy atom. The predicted octanol–water partition coefficient (Wildman–Crippen LogP) is 2.58. The van der Waals surface area contributed by atoms with Crippen LogP contribution in [-0.2, 0) is 0 Å². The Labute approximate surface area is 108 Å². The van der Waals surface area contributed by atoms with Gasteiger partial charge in [0.1, 0.15) is 0 Å². The lowest BCUT2D eigenvalue weighted by molar-refractivity contribution is 0.0982. The quantitative estimate of drug-likeness (QED) is 0.730. The minimum absolute atomic E-state index is 0.128. The van der Waals surface area contributed by atoms with Crippen molar-refractivity contribution in [2.45, 2.75) is 13.0 Å². The van der Waals surface area contributed by atoms with Crippen molar-refractivity contribution in [1.29, 1.82) is 0 Å². The van der Waals surface area contributed by atoms with Crippen LogP contribution in [0.2, 0.25) is 0 Å². The summed E-state index contributed by atoms with van der Waals surface area (Å²) in [6.07, 6.45) is -0.663. The first-order valence-corrected chi connectivity index (χ1v) is 6.41. The van der Waals surface area contributed by atoms with Crippen molar-refractivity contribution in [2.75, 3.05) is 0 Å². The number of carbonyl (C=O) groups is 2. The molecule has 1 heterocycles. The maximum atomic E-state index is 12.3. The summed E-state index contributed by atoms with van der Waals surface area (Å²) in [7, 11) is 0. The van der Waals surface area contributed by atoms with E-state index in [0.717, 1.165) is 0 Å². The number of rotatable bonds is 1. The van der Waals surface area contributed by atoms with Crippen LogP contribution in [0.15, 0.2) is 30.3 Å². The summed E-state index contributed by atoms with van der Waals surface area (Å²) in [6, 6.07) is 8.45.